The van der Waals surface area contributed by atoms with Gasteiger partial charge in [0.1, 0.15) is 0 Å². The van der Waals surface area contributed by atoms with E-state index in [1.54, 1.807) is 0 Å². The molecule has 0 radical (unpaired) electrons. The number of carbonyl (C=O) groups excluding carboxylic acids is 1. The van der Waals surface area contributed by atoms with Crippen LogP contribution in [0.1, 0.15) is 11.3 Å². The Morgan fingerprint density at radius 2 is 2.10 bits per heavy atom. The maximum absolute atomic E-state index is 11.7. The second-order valence-corrected chi connectivity index (χ2v) is 5.96. The van der Waals surface area contributed by atoms with Gasteiger partial charge < -0.3 is 5.11 Å². The van der Waals surface area contributed by atoms with Crippen molar-refractivity contribution >= 4 is 34.9 Å². The minimum atomic E-state index is -0.158. The first-order chi connectivity index (χ1) is 10.2. The molecule has 1 aliphatic rings. The van der Waals surface area contributed by atoms with Crippen molar-refractivity contribution in [2.24, 2.45) is 0 Å². The number of thioether (sulfide) groups is 1. The van der Waals surface area contributed by atoms with Crippen molar-refractivity contribution in [3.8, 4) is 0 Å². The Balaban J connectivity index is 1.91. The SMILES string of the molecule is O=C1CSCC1=C(O)c1nnn(Cc2ccccc2)c1Cl. The van der Waals surface area contributed by atoms with Crippen LogP contribution >= 0.6 is 23.4 Å². The van der Waals surface area contributed by atoms with E-state index in [0.717, 1.165) is 5.56 Å². The van der Waals surface area contributed by atoms with E-state index < -0.39 is 0 Å². The molecule has 1 aromatic heterocycles. The molecule has 0 spiro atoms. The van der Waals surface area contributed by atoms with E-state index in [1.165, 1.54) is 16.4 Å². The maximum atomic E-state index is 11.7. The Morgan fingerprint density at radius 1 is 1.33 bits per heavy atom. The van der Waals surface area contributed by atoms with Gasteiger partial charge in [0.25, 0.3) is 0 Å². The van der Waals surface area contributed by atoms with E-state index in [4.69, 9.17) is 11.6 Å². The number of aliphatic hydroxyl groups is 1. The van der Waals surface area contributed by atoms with E-state index in [9.17, 15) is 9.90 Å². The van der Waals surface area contributed by atoms with Gasteiger partial charge in [0.2, 0.25) is 0 Å². The van der Waals surface area contributed by atoms with Crippen LogP contribution in [0.2, 0.25) is 5.15 Å². The predicted molar refractivity (Wildman–Crippen MR) is 82.5 cm³/mol. The van der Waals surface area contributed by atoms with Crippen molar-refractivity contribution < 1.29 is 9.90 Å². The largest absolute Gasteiger partial charge is 0.505 e. The molecule has 21 heavy (non-hydrogen) atoms. The number of aliphatic hydroxyl groups excluding tert-OH is 1. The minimum Gasteiger partial charge on any atom is -0.505 e. The number of Topliss-reactive ketones (excluding diaryl/α,β-unsaturated/α-hetero) is 1. The first-order valence-electron chi connectivity index (χ1n) is 6.33. The van der Waals surface area contributed by atoms with Crippen LogP contribution in [0.5, 0.6) is 0 Å². The van der Waals surface area contributed by atoms with Crippen molar-refractivity contribution in [2.75, 3.05) is 11.5 Å². The van der Waals surface area contributed by atoms with Gasteiger partial charge in [0.15, 0.2) is 22.4 Å². The van der Waals surface area contributed by atoms with Crippen LogP contribution < -0.4 is 0 Å². The summed E-state index contributed by atoms with van der Waals surface area (Å²) in [6.45, 7) is 0.456. The third-order valence-corrected chi connectivity index (χ3v) is 4.51. The molecule has 2 heterocycles. The van der Waals surface area contributed by atoms with E-state index >= 15 is 0 Å². The zero-order valence-electron chi connectivity index (χ0n) is 11.0. The fourth-order valence-corrected chi connectivity index (χ4v) is 3.25. The average molecular weight is 322 g/mol. The number of aromatic nitrogens is 3. The van der Waals surface area contributed by atoms with Gasteiger partial charge >= 0.3 is 0 Å². The highest BCUT2D eigenvalue weighted by Gasteiger charge is 2.26. The Labute approximate surface area is 130 Å². The van der Waals surface area contributed by atoms with Gasteiger partial charge in [-0.15, -0.1) is 16.9 Å². The Bertz CT molecular complexity index is 712. The highest BCUT2D eigenvalue weighted by Crippen LogP contribution is 2.29. The first kappa shape index (κ1) is 14.2. The van der Waals surface area contributed by atoms with Gasteiger partial charge in [0, 0.05) is 5.75 Å². The van der Waals surface area contributed by atoms with E-state index in [-0.39, 0.29) is 22.4 Å². The molecule has 0 amide bonds. The number of halogens is 1. The summed E-state index contributed by atoms with van der Waals surface area (Å²) in [4.78, 5) is 11.7. The minimum absolute atomic E-state index is 0.0776. The lowest BCUT2D eigenvalue weighted by atomic mass is 10.1. The Kier molecular flexibility index (Phi) is 3.98. The number of benzene rings is 1. The fraction of sp³-hybridized carbons (Fsp3) is 0.214. The molecule has 3 rings (SSSR count). The maximum Gasteiger partial charge on any atom is 0.173 e. The van der Waals surface area contributed by atoms with E-state index in [0.29, 0.717) is 23.6 Å². The van der Waals surface area contributed by atoms with E-state index in [1.807, 2.05) is 30.3 Å². The molecule has 1 N–H and O–H groups in total. The topological polar surface area (TPSA) is 68.0 Å². The molecule has 1 aliphatic heterocycles. The number of hydrogen-bond donors (Lipinski definition) is 1. The molecular weight excluding hydrogens is 310 g/mol. The molecule has 5 nitrogen and oxygen atoms in total. The molecule has 0 aliphatic carbocycles. The molecular formula is C14H12ClN3O2S. The van der Waals surface area contributed by atoms with Crippen LogP contribution in [-0.4, -0.2) is 37.4 Å². The van der Waals surface area contributed by atoms with Crippen LogP contribution in [0.15, 0.2) is 35.9 Å². The molecule has 0 unspecified atom stereocenters. The Hall–Kier alpha value is -1.79. The summed E-state index contributed by atoms with van der Waals surface area (Å²) < 4.78 is 1.50. The Morgan fingerprint density at radius 3 is 2.76 bits per heavy atom. The molecule has 1 fully saturated rings. The van der Waals surface area contributed by atoms with Crippen LogP contribution in [0, 0.1) is 0 Å². The molecule has 2 aromatic rings. The summed E-state index contributed by atoms with van der Waals surface area (Å²) in [5, 5.41) is 18.3. The van der Waals surface area contributed by atoms with Gasteiger partial charge in [-0.25, -0.2) is 4.68 Å². The number of carbonyl (C=O) groups is 1. The van der Waals surface area contributed by atoms with Crippen molar-refractivity contribution in [3.63, 3.8) is 0 Å². The van der Waals surface area contributed by atoms with Crippen molar-refractivity contribution in [1.29, 1.82) is 0 Å². The molecule has 1 aromatic carbocycles. The number of ketones is 1. The zero-order chi connectivity index (χ0) is 14.8. The van der Waals surface area contributed by atoms with Crippen molar-refractivity contribution in [2.45, 2.75) is 6.54 Å². The second kappa shape index (κ2) is 5.91. The molecule has 1 saturated heterocycles. The summed E-state index contributed by atoms with van der Waals surface area (Å²) in [6, 6.07) is 9.68. The molecule has 7 heteroatoms. The second-order valence-electron chi connectivity index (χ2n) is 4.62. The average Bonchev–Trinajstić information content (AvgIpc) is 3.07. The summed E-state index contributed by atoms with van der Waals surface area (Å²) in [5.74, 6) is 0.627. The van der Waals surface area contributed by atoms with Gasteiger partial charge in [-0.1, -0.05) is 47.1 Å². The highest BCUT2D eigenvalue weighted by atomic mass is 35.5. The zero-order valence-corrected chi connectivity index (χ0v) is 12.6. The standard InChI is InChI=1S/C14H12ClN3O2S/c15-14-12(13(20)10-7-21-8-11(10)19)16-17-18(14)6-9-4-2-1-3-5-9/h1-5,20H,6-8H2. The van der Waals surface area contributed by atoms with Crippen molar-refractivity contribution in [3.05, 3.63) is 52.3 Å². The highest BCUT2D eigenvalue weighted by molar-refractivity contribution is 8.00. The molecule has 108 valence electrons. The smallest absolute Gasteiger partial charge is 0.173 e. The normalized spacial score (nSPS) is 17.3. The fourth-order valence-electron chi connectivity index (χ4n) is 2.06. The number of nitrogens with zero attached hydrogens (tertiary/aromatic N) is 3. The quantitative estimate of drug-likeness (QED) is 0.695. The predicted octanol–water partition coefficient (Wildman–Crippen LogP) is 2.56. The lowest BCUT2D eigenvalue weighted by molar-refractivity contribution is -0.112. The number of hydrogen-bond acceptors (Lipinski definition) is 5. The van der Waals surface area contributed by atoms with E-state index in [2.05, 4.69) is 10.3 Å². The van der Waals surface area contributed by atoms with Gasteiger partial charge in [-0.3, -0.25) is 4.79 Å². The van der Waals surface area contributed by atoms with Crippen LogP contribution in [0.25, 0.3) is 5.76 Å². The first-order valence-corrected chi connectivity index (χ1v) is 7.86. The molecule has 0 bridgehead atoms. The molecule has 0 atom stereocenters. The van der Waals surface area contributed by atoms with Gasteiger partial charge in [0.05, 0.1) is 17.9 Å². The third-order valence-electron chi connectivity index (χ3n) is 3.18. The summed E-state index contributed by atoms with van der Waals surface area (Å²) in [5.41, 5.74) is 1.56. The van der Waals surface area contributed by atoms with Crippen molar-refractivity contribution in [1.82, 2.24) is 15.0 Å². The monoisotopic (exact) mass is 321 g/mol. The lowest BCUT2D eigenvalue weighted by Gasteiger charge is -2.03. The van der Waals surface area contributed by atoms with Gasteiger partial charge in [-0.05, 0) is 5.56 Å². The third kappa shape index (κ3) is 2.82. The summed E-state index contributed by atoms with van der Waals surface area (Å²) >= 11 is 7.68. The van der Waals surface area contributed by atoms with Crippen LogP contribution in [0.4, 0.5) is 0 Å². The number of rotatable bonds is 3. The summed E-state index contributed by atoms with van der Waals surface area (Å²) in [6.07, 6.45) is 0. The summed E-state index contributed by atoms with van der Waals surface area (Å²) in [7, 11) is 0. The lowest BCUT2D eigenvalue weighted by Crippen LogP contribution is -2.03. The molecule has 0 saturated carbocycles. The van der Waals surface area contributed by atoms with Crippen LogP contribution in [0.3, 0.4) is 0 Å². The van der Waals surface area contributed by atoms with Crippen LogP contribution in [-0.2, 0) is 11.3 Å². The van der Waals surface area contributed by atoms with Gasteiger partial charge in [-0.2, -0.15) is 0 Å².